The summed E-state index contributed by atoms with van der Waals surface area (Å²) < 4.78 is 34.3. The molecular weight excluding hydrogens is 713 g/mol. The first kappa shape index (κ1) is 39.8. The first-order valence-electron chi connectivity index (χ1n) is 18.0. The summed E-state index contributed by atoms with van der Waals surface area (Å²) in [6.45, 7) is 8.73. The first-order chi connectivity index (χ1) is 25.4. The number of amides is 3. The number of aliphatic hydroxyl groups is 1. The number of carbonyl (C=O) groups is 2. The van der Waals surface area contributed by atoms with Crippen LogP contribution >= 0.6 is 11.3 Å². The minimum absolute atomic E-state index is 0.0397. The molecule has 1 fully saturated rings. The number of pyridine rings is 1. The van der Waals surface area contributed by atoms with E-state index >= 15 is 0 Å². The van der Waals surface area contributed by atoms with Gasteiger partial charge in [0.05, 0.1) is 42.1 Å². The maximum Gasteiger partial charge on any atom is 0.321 e. The standard InChI is InChI=1S/C39H50N6O6S2/c1-6-28(4)36(45-21-20-43(39(45)48)24-30-26-52-38(41-30)33-14-10-11-19-40-33)37(47)42-34(22-29-12-8-7-9-13-29)35(46)25-44(23-27(2)3)53(49,50)32-17-15-31(51-5)16-18-32/h7-19,26-28,34-36,46H,6,20-25H2,1-5H3,(H,42,47)/t28?,34-,35+,36?/m0/s1. The zero-order chi connectivity index (χ0) is 38.1. The molecule has 2 N–H and O–H groups in total. The Labute approximate surface area is 316 Å². The van der Waals surface area contributed by atoms with Crippen LogP contribution in [0.1, 0.15) is 45.4 Å². The van der Waals surface area contributed by atoms with Crippen molar-refractivity contribution >= 4 is 33.3 Å². The molecule has 12 nitrogen and oxygen atoms in total. The average molecular weight is 763 g/mol. The lowest BCUT2D eigenvalue weighted by atomic mass is 9.95. The molecule has 0 aliphatic carbocycles. The molecule has 2 aromatic heterocycles. The molecule has 1 aliphatic heterocycles. The maximum atomic E-state index is 14.4. The van der Waals surface area contributed by atoms with Gasteiger partial charge in [-0.15, -0.1) is 11.3 Å². The first-order valence-corrected chi connectivity index (χ1v) is 20.3. The number of methoxy groups -OCH3 is 1. The van der Waals surface area contributed by atoms with E-state index in [2.05, 4.69) is 10.3 Å². The molecule has 0 saturated carbocycles. The van der Waals surface area contributed by atoms with Crippen LogP contribution in [-0.4, -0.2) is 101 Å². The fraction of sp³-hybridized carbons (Fsp3) is 0.436. The number of thiazole rings is 1. The molecule has 0 radical (unpaired) electrons. The number of aromatic nitrogens is 2. The van der Waals surface area contributed by atoms with Crippen molar-refractivity contribution in [3.63, 3.8) is 0 Å². The maximum absolute atomic E-state index is 14.4. The Bertz CT molecular complexity index is 1890. The van der Waals surface area contributed by atoms with E-state index in [1.165, 1.54) is 34.9 Å². The van der Waals surface area contributed by atoms with Crippen LogP contribution < -0.4 is 10.1 Å². The lowest BCUT2D eigenvalue weighted by Gasteiger charge is -2.35. The number of aliphatic hydroxyl groups excluding tert-OH is 1. The van der Waals surface area contributed by atoms with E-state index in [9.17, 15) is 23.1 Å². The topological polar surface area (TPSA) is 145 Å². The number of benzene rings is 2. The van der Waals surface area contributed by atoms with Gasteiger partial charge >= 0.3 is 6.03 Å². The third-order valence-corrected chi connectivity index (χ3v) is 12.2. The average Bonchev–Trinajstić information content (AvgIpc) is 3.78. The van der Waals surface area contributed by atoms with E-state index in [-0.39, 0.29) is 42.3 Å². The van der Waals surface area contributed by atoms with Crippen molar-refractivity contribution in [3.8, 4) is 16.5 Å². The zero-order valence-corrected chi connectivity index (χ0v) is 32.6. The van der Waals surface area contributed by atoms with Gasteiger partial charge in [0.15, 0.2) is 0 Å². The second-order valence-electron chi connectivity index (χ2n) is 13.9. The van der Waals surface area contributed by atoms with Gasteiger partial charge in [0.2, 0.25) is 15.9 Å². The Kier molecular flexibility index (Phi) is 13.6. The van der Waals surface area contributed by atoms with Gasteiger partial charge in [0.1, 0.15) is 16.8 Å². The SMILES string of the molecule is CCC(C)C(C(=O)N[C@@H](Cc1ccccc1)[C@H](O)CN(CC(C)C)S(=O)(=O)c1ccc(OC)cc1)N1CCN(Cc2csc(-c3ccccn3)n2)C1=O. The second-order valence-corrected chi connectivity index (χ2v) is 16.6. The van der Waals surface area contributed by atoms with Crippen molar-refractivity contribution in [1.82, 2.24) is 29.4 Å². The van der Waals surface area contributed by atoms with Crippen LogP contribution in [0.3, 0.4) is 0 Å². The lowest BCUT2D eigenvalue weighted by molar-refractivity contribution is -0.128. The Morgan fingerprint density at radius 3 is 2.38 bits per heavy atom. The number of hydrogen-bond acceptors (Lipinski definition) is 9. The van der Waals surface area contributed by atoms with Gasteiger partial charge in [-0.05, 0) is 60.2 Å². The normalized spacial score (nSPS) is 15.8. The van der Waals surface area contributed by atoms with E-state index in [0.717, 1.165) is 22.0 Å². The van der Waals surface area contributed by atoms with Gasteiger partial charge < -0.3 is 25.0 Å². The van der Waals surface area contributed by atoms with Crippen molar-refractivity contribution in [2.75, 3.05) is 33.3 Å². The highest BCUT2D eigenvalue weighted by atomic mass is 32.2. The number of nitrogens with zero attached hydrogens (tertiary/aromatic N) is 5. The predicted molar refractivity (Wildman–Crippen MR) is 206 cm³/mol. The van der Waals surface area contributed by atoms with Gasteiger partial charge in [-0.3, -0.25) is 9.78 Å². The van der Waals surface area contributed by atoms with Gasteiger partial charge in [0, 0.05) is 37.8 Å². The van der Waals surface area contributed by atoms with Crippen molar-refractivity contribution in [2.24, 2.45) is 11.8 Å². The smallest absolute Gasteiger partial charge is 0.321 e. The third kappa shape index (κ3) is 9.99. The molecule has 14 heteroatoms. The molecule has 0 spiro atoms. The summed E-state index contributed by atoms with van der Waals surface area (Å²) >= 11 is 1.47. The fourth-order valence-electron chi connectivity index (χ4n) is 6.45. The third-order valence-electron chi connectivity index (χ3n) is 9.45. The van der Waals surface area contributed by atoms with Crippen LogP contribution in [0, 0.1) is 11.8 Å². The Hall–Kier alpha value is -4.37. The van der Waals surface area contributed by atoms with Crippen molar-refractivity contribution in [2.45, 2.75) is 70.2 Å². The molecule has 3 amide bonds. The Balaban J connectivity index is 1.35. The van der Waals surface area contributed by atoms with Gasteiger partial charge in [0.25, 0.3) is 0 Å². The summed E-state index contributed by atoms with van der Waals surface area (Å²) in [4.78, 5) is 40.7. The van der Waals surface area contributed by atoms with Crippen molar-refractivity contribution in [1.29, 1.82) is 0 Å². The molecule has 1 aliphatic rings. The summed E-state index contributed by atoms with van der Waals surface area (Å²) in [6, 6.07) is 19.3. The van der Waals surface area contributed by atoms with Crippen LogP contribution in [0.15, 0.2) is 89.3 Å². The monoisotopic (exact) mass is 762 g/mol. The van der Waals surface area contributed by atoms with E-state index in [1.54, 1.807) is 28.1 Å². The quantitative estimate of drug-likeness (QED) is 0.139. The minimum Gasteiger partial charge on any atom is -0.497 e. The molecule has 0 bridgehead atoms. The summed E-state index contributed by atoms with van der Waals surface area (Å²) in [5.74, 6) is -0.106. The number of ether oxygens (including phenoxy) is 1. The highest BCUT2D eigenvalue weighted by molar-refractivity contribution is 7.89. The van der Waals surface area contributed by atoms with E-state index in [1.807, 2.05) is 81.6 Å². The largest absolute Gasteiger partial charge is 0.497 e. The van der Waals surface area contributed by atoms with Crippen molar-refractivity contribution < 1.29 is 27.9 Å². The zero-order valence-electron chi connectivity index (χ0n) is 31.0. The van der Waals surface area contributed by atoms with Crippen LogP contribution in [0.5, 0.6) is 5.75 Å². The summed E-state index contributed by atoms with van der Waals surface area (Å²) in [5.41, 5.74) is 2.38. The Morgan fingerprint density at radius 2 is 1.74 bits per heavy atom. The molecule has 2 aromatic carbocycles. The van der Waals surface area contributed by atoms with Crippen LogP contribution in [-0.2, 0) is 27.8 Å². The van der Waals surface area contributed by atoms with E-state index in [4.69, 9.17) is 9.72 Å². The fourth-order valence-corrected chi connectivity index (χ4v) is 8.86. The van der Waals surface area contributed by atoms with Gasteiger partial charge in [-0.25, -0.2) is 18.2 Å². The van der Waals surface area contributed by atoms with Crippen LogP contribution in [0.2, 0.25) is 0 Å². The number of carbonyl (C=O) groups excluding carboxylic acids is 2. The predicted octanol–water partition coefficient (Wildman–Crippen LogP) is 5.30. The second kappa shape index (κ2) is 18.1. The molecular formula is C39H50N6O6S2. The molecule has 5 rings (SSSR count). The summed E-state index contributed by atoms with van der Waals surface area (Å²) in [6.07, 6.45) is 1.33. The molecule has 4 aromatic rings. The molecule has 2 unspecified atom stereocenters. The van der Waals surface area contributed by atoms with Gasteiger partial charge in [-0.2, -0.15) is 4.31 Å². The van der Waals surface area contributed by atoms with Crippen LogP contribution in [0.4, 0.5) is 4.79 Å². The number of rotatable bonds is 18. The van der Waals surface area contributed by atoms with Crippen LogP contribution in [0.25, 0.3) is 10.7 Å². The summed E-state index contributed by atoms with van der Waals surface area (Å²) in [5, 5.41) is 17.6. The Morgan fingerprint density at radius 1 is 1.02 bits per heavy atom. The summed E-state index contributed by atoms with van der Waals surface area (Å²) in [7, 11) is -2.50. The molecule has 53 heavy (non-hydrogen) atoms. The highest BCUT2D eigenvalue weighted by Crippen LogP contribution is 2.26. The van der Waals surface area contributed by atoms with E-state index in [0.29, 0.717) is 31.8 Å². The molecule has 284 valence electrons. The minimum atomic E-state index is -4.01. The number of nitrogens with one attached hydrogen (secondary N) is 1. The van der Waals surface area contributed by atoms with Crippen molar-refractivity contribution in [3.05, 3.63) is 95.6 Å². The van der Waals surface area contributed by atoms with E-state index < -0.39 is 34.1 Å². The number of hydrogen-bond donors (Lipinski definition) is 2. The van der Waals surface area contributed by atoms with Gasteiger partial charge in [-0.1, -0.05) is 70.5 Å². The molecule has 3 heterocycles. The highest BCUT2D eigenvalue weighted by Gasteiger charge is 2.41. The number of sulfonamides is 1. The molecule has 1 saturated heterocycles. The number of urea groups is 1. The lowest BCUT2D eigenvalue weighted by Crippen LogP contribution is -2.57. The molecule has 4 atom stereocenters.